The second-order valence-electron chi connectivity index (χ2n) is 7.50. The molecule has 0 radical (unpaired) electrons. The van der Waals surface area contributed by atoms with Crippen LogP contribution in [0.1, 0.15) is 0 Å². The molecule has 0 aromatic rings. The van der Waals surface area contributed by atoms with Crippen LogP contribution in [0.2, 0.25) is 0 Å². The van der Waals surface area contributed by atoms with Gasteiger partial charge in [0.15, 0.2) is 23.9 Å². The SMILES string of the molecule is CN(CC1=CN2C(=C(OP(=O)(O)OP(=O)(O)OP(=O)(O)O)[C@H]3O[C@@H]2[C@@H](O)[C@H]3O)NC1=O)C(=O)C(F)(F)F. The number of phosphoric acid groups is 3. The van der Waals surface area contributed by atoms with E-state index in [1.807, 2.05) is 5.32 Å². The van der Waals surface area contributed by atoms with Crippen LogP contribution >= 0.6 is 23.5 Å². The van der Waals surface area contributed by atoms with Crippen molar-refractivity contribution in [2.45, 2.75) is 30.7 Å². The summed E-state index contributed by atoms with van der Waals surface area (Å²) in [5.41, 5.74) is -0.517. The van der Waals surface area contributed by atoms with Crippen molar-refractivity contribution in [1.29, 1.82) is 0 Å². The summed E-state index contributed by atoms with van der Waals surface area (Å²) in [6.07, 6.45) is -11.6. The van der Waals surface area contributed by atoms with Gasteiger partial charge in [0.2, 0.25) is 0 Å². The fourth-order valence-corrected chi connectivity index (χ4v) is 6.42. The quantitative estimate of drug-likeness (QED) is 0.152. The molecule has 3 rings (SSSR count). The van der Waals surface area contributed by atoms with Gasteiger partial charge in [-0.25, -0.2) is 13.7 Å². The second-order valence-corrected chi connectivity index (χ2v) is 11.8. The van der Waals surface area contributed by atoms with Crippen molar-refractivity contribution in [2.24, 2.45) is 0 Å². The monoisotopic (exact) mass is 605 g/mol. The molecule has 0 spiro atoms. The van der Waals surface area contributed by atoms with Gasteiger partial charge in [-0.05, 0) is 0 Å². The van der Waals surface area contributed by atoms with Gasteiger partial charge in [-0.1, -0.05) is 0 Å². The summed E-state index contributed by atoms with van der Waals surface area (Å²) in [6.45, 7) is -0.923. The molecule has 3 aliphatic rings. The molecule has 1 saturated heterocycles. The number of hydrogen-bond donors (Lipinski definition) is 7. The fourth-order valence-electron chi connectivity index (χ4n) is 3.35. The Balaban J connectivity index is 1.95. The molecule has 2 amide bonds. The minimum atomic E-state index is -5.96. The van der Waals surface area contributed by atoms with E-state index in [1.54, 1.807) is 0 Å². The zero-order valence-electron chi connectivity index (χ0n) is 17.8. The number of ether oxygens (including phenoxy) is 1. The first-order chi connectivity index (χ1) is 16.6. The Morgan fingerprint density at radius 3 is 2.27 bits per heavy atom. The average molecular weight is 605 g/mol. The summed E-state index contributed by atoms with van der Waals surface area (Å²) < 4.78 is 89.7. The first kappa shape index (κ1) is 29.7. The molecule has 0 aliphatic carbocycles. The third kappa shape index (κ3) is 6.59. The first-order valence-electron chi connectivity index (χ1n) is 9.34. The van der Waals surface area contributed by atoms with E-state index >= 15 is 0 Å². The van der Waals surface area contributed by atoms with E-state index in [0.717, 1.165) is 18.1 Å². The van der Waals surface area contributed by atoms with E-state index < -0.39 is 89.7 Å². The standard InChI is InChI=1S/C13H17F3N3O15P3/c1-18(12(23)13(14,15)16)2-4-3-19-9(17-10(4)22)8(7-5(20)6(21)11(19)31-7)32-36(27,28)34-37(29,30)33-35(24,25)26/h3,5-7,11,20-21H,2H2,1H3,(H,17,22)(H,27,28)(H,29,30)(H2,24,25,26)/t5-,6+,7+,11-/m1/s1. The lowest BCUT2D eigenvalue weighted by molar-refractivity contribution is -0.183. The molecule has 0 saturated carbocycles. The molecule has 0 aromatic carbocycles. The Labute approximate surface area is 202 Å². The molecule has 7 N–H and O–H groups in total. The zero-order chi connectivity index (χ0) is 28.3. The van der Waals surface area contributed by atoms with Gasteiger partial charge in [0.25, 0.3) is 5.91 Å². The highest BCUT2D eigenvalue weighted by Crippen LogP contribution is 2.67. The predicted octanol–water partition coefficient (Wildman–Crippen LogP) is -1.70. The number of hydrogen-bond acceptors (Lipinski definition) is 12. The Morgan fingerprint density at radius 2 is 1.73 bits per heavy atom. The summed E-state index contributed by atoms with van der Waals surface area (Å²) in [5.74, 6) is -5.13. The fraction of sp³-hybridized carbons (Fsp3) is 0.538. The molecule has 210 valence electrons. The molecule has 6 atom stereocenters. The molecule has 18 nitrogen and oxygen atoms in total. The van der Waals surface area contributed by atoms with E-state index in [9.17, 15) is 56.5 Å². The third-order valence-corrected chi connectivity index (χ3v) is 8.46. The molecule has 2 bridgehead atoms. The molecular formula is C13H17F3N3O15P3. The van der Waals surface area contributed by atoms with Crippen LogP contribution in [0.15, 0.2) is 23.4 Å². The maximum absolute atomic E-state index is 12.7. The maximum Gasteiger partial charge on any atom is 0.536 e. The van der Waals surface area contributed by atoms with E-state index in [-0.39, 0.29) is 4.90 Å². The molecule has 24 heteroatoms. The van der Waals surface area contributed by atoms with Crippen LogP contribution in [0.5, 0.6) is 0 Å². The number of amides is 2. The lowest BCUT2D eigenvalue weighted by Crippen LogP contribution is -2.51. The number of carbonyl (C=O) groups excluding carboxylic acids is 2. The van der Waals surface area contributed by atoms with Crippen molar-refractivity contribution in [2.75, 3.05) is 13.6 Å². The summed E-state index contributed by atoms with van der Waals surface area (Å²) in [7, 11) is -16.8. The number of likely N-dealkylation sites (N-methyl/N-ethyl adjacent to an activating group) is 1. The summed E-state index contributed by atoms with van der Waals surface area (Å²) in [6, 6.07) is 0. The number of aliphatic hydroxyl groups is 2. The number of alkyl halides is 3. The Kier molecular flexibility index (Phi) is 7.79. The average Bonchev–Trinajstić information content (AvgIpc) is 2.94. The highest BCUT2D eigenvalue weighted by atomic mass is 31.3. The van der Waals surface area contributed by atoms with E-state index in [4.69, 9.17) is 14.5 Å². The Morgan fingerprint density at radius 1 is 1.14 bits per heavy atom. The summed E-state index contributed by atoms with van der Waals surface area (Å²) >= 11 is 0. The number of fused-ring (bicyclic) bond motifs is 4. The molecule has 3 heterocycles. The van der Waals surface area contributed by atoms with Gasteiger partial charge in [0.1, 0.15) is 12.2 Å². The normalized spacial score (nSPS) is 29.1. The minimum Gasteiger partial charge on any atom is -0.402 e. The van der Waals surface area contributed by atoms with Crippen LogP contribution in [0.4, 0.5) is 13.2 Å². The number of rotatable bonds is 8. The largest absolute Gasteiger partial charge is 0.536 e. The minimum absolute atomic E-state index is 0.140. The third-order valence-electron chi connectivity index (χ3n) is 4.71. The van der Waals surface area contributed by atoms with Crippen LogP contribution in [0.25, 0.3) is 0 Å². The maximum atomic E-state index is 12.7. The molecular weight excluding hydrogens is 588 g/mol. The molecule has 37 heavy (non-hydrogen) atoms. The van der Waals surface area contributed by atoms with Crippen LogP contribution in [0, 0.1) is 0 Å². The summed E-state index contributed by atoms with van der Waals surface area (Å²) in [4.78, 5) is 61.1. The van der Waals surface area contributed by atoms with Gasteiger partial charge in [-0.2, -0.15) is 21.8 Å². The Hall–Kier alpha value is -1.86. The van der Waals surface area contributed by atoms with Gasteiger partial charge in [0, 0.05) is 13.2 Å². The number of phosphoric ester groups is 1. The number of nitrogens with one attached hydrogen (secondary N) is 1. The van der Waals surface area contributed by atoms with Gasteiger partial charge < -0.3 is 49.3 Å². The van der Waals surface area contributed by atoms with Crippen LogP contribution in [-0.2, 0) is 41.2 Å². The van der Waals surface area contributed by atoms with Crippen LogP contribution < -0.4 is 5.32 Å². The number of nitrogens with zero attached hydrogens (tertiary/aromatic N) is 2. The van der Waals surface area contributed by atoms with Gasteiger partial charge in [0.05, 0.1) is 12.1 Å². The summed E-state index contributed by atoms with van der Waals surface area (Å²) in [5, 5.41) is 22.5. The lowest BCUT2D eigenvalue weighted by Gasteiger charge is -2.39. The molecule has 2 unspecified atom stereocenters. The van der Waals surface area contributed by atoms with Crippen molar-refractivity contribution in [3.63, 3.8) is 0 Å². The van der Waals surface area contributed by atoms with Gasteiger partial charge >= 0.3 is 35.6 Å². The molecule has 3 aliphatic heterocycles. The number of halogens is 3. The highest BCUT2D eigenvalue weighted by molar-refractivity contribution is 7.66. The number of carbonyl (C=O) groups is 2. The van der Waals surface area contributed by atoms with Crippen molar-refractivity contribution in [3.8, 4) is 0 Å². The molecule has 0 aromatic heterocycles. The van der Waals surface area contributed by atoms with E-state index in [1.165, 1.54) is 0 Å². The topological polar surface area (TPSA) is 262 Å². The smallest absolute Gasteiger partial charge is 0.402 e. The van der Waals surface area contributed by atoms with E-state index in [0.29, 0.717) is 0 Å². The lowest BCUT2D eigenvalue weighted by atomic mass is 10.1. The van der Waals surface area contributed by atoms with Gasteiger partial charge in [-0.15, -0.1) is 0 Å². The highest BCUT2D eigenvalue weighted by Gasteiger charge is 2.56. The van der Waals surface area contributed by atoms with Crippen molar-refractivity contribution < 1.29 is 84.1 Å². The van der Waals surface area contributed by atoms with E-state index in [2.05, 4.69) is 13.1 Å². The second kappa shape index (κ2) is 9.71. The van der Waals surface area contributed by atoms with Crippen LogP contribution in [-0.4, -0.2) is 95.7 Å². The van der Waals surface area contributed by atoms with Crippen molar-refractivity contribution in [1.82, 2.24) is 15.1 Å². The van der Waals surface area contributed by atoms with Gasteiger partial charge in [-0.3, -0.25) is 14.5 Å². The van der Waals surface area contributed by atoms with Crippen molar-refractivity contribution in [3.05, 3.63) is 23.4 Å². The van der Waals surface area contributed by atoms with Crippen LogP contribution in [0.3, 0.4) is 0 Å². The number of aliphatic hydroxyl groups excluding tert-OH is 2. The first-order valence-corrected chi connectivity index (χ1v) is 13.9. The Bertz CT molecular complexity index is 1200. The zero-order valence-corrected chi connectivity index (χ0v) is 20.5. The molecule has 1 fully saturated rings. The van der Waals surface area contributed by atoms with Crippen molar-refractivity contribution >= 4 is 35.3 Å². The predicted molar refractivity (Wildman–Crippen MR) is 104 cm³/mol.